The van der Waals surface area contributed by atoms with Gasteiger partial charge in [0.1, 0.15) is 0 Å². The molecule has 0 aliphatic heterocycles. The molecule has 12 aromatic rings. The van der Waals surface area contributed by atoms with Crippen molar-refractivity contribution in [1.82, 2.24) is 0 Å². The predicted octanol–water partition coefficient (Wildman–Crippen LogP) is 18.9. The van der Waals surface area contributed by atoms with E-state index in [0.717, 1.165) is 0 Å². The largest absolute Gasteiger partial charge is 0.0616 e. The van der Waals surface area contributed by atoms with Crippen molar-refractivity contribution in [1.29, 1.82) is 0 Å². The van der Waals surface area contributed by atoms with Crippen LogP contribution in [0.3, 0.4) is 0 Å². The van der Waals surface area contributed by atoms with Gasteiger partial charge in [0.25, 0.3) is 0 Å². The molecule has 0 atom stereocenters. The Labute approximate surface area is 403 Å². The molecular weight excluding hydrogens is 829 g/mol. The third kappa shape index (κ3) is 5.24. The summed E-state index contributed by atoms with van der Waals surface area (Å²) in [7, 11) is 0. The van der Waals surface area contributed by atoms with Crippen molar-refractivity contribution in [3.63, 3.8) is 0 Å². The van der Waals surface area contributed by atoms with E-state index < -0.39 is 0 Å². The SMILES string of the molecule is CC1(C)c2cc3ccccc3cc2-c2cc3cc(-c4ccc5cc6c(cc5c4)-c4c(ccc5cc(-c7ccc8c9c(ccc8c7)C(C)(C)c7ccc8ccccc8c7-9)ccc45)C6(C)C)ccc3cc21. The van der Waals surface area contributed by atoms with Gasteiger partial charge in [-0.15, -0.1) is 0 Å². The van der Waals surface area contributed by atoms with Crippen LogP contribution in [-0.4, -0.2) is 0 Å². The lowest BCUT2D eigenvalue weighted by Crippen LogP contribution is -2.14. The van der Waals surface area contributed by atoms with E-state index in [9.17, 15) is 0 Å². The summed E-state index contributed by atoms with van der Waals surface area (Å²) >= 11 is 0. The van der Waals surface area contributed by atoms with Crippen molar-refractivity contribution in [2.75, 3.05) is 0 Å². The minimum absolute atomic E-state index is 0.0530. The van der Waals surface area contributed by atoms with Gasteiger partial charge in [0.05, 0.1) is 0 Å². The molecule has 0 amide bonds. The van der Waals surface area contributed by atoms with Crippen LogP contribution < -0.4 is 0 Å². The highest BCUT2D eigenvalue weighted by Crippen LogP contribution is 2.56. The molecule has 12 aromatic carbocycles. The fraction of sp³-hybridized carbons (Fsp3) is 0.130. The first-order chi connectivity index (χ1) is 33.4. The summed E-state index contributed by atoms with van der Waals surface area (Å²) in [4.78, 5) is 0. The summed E-state index contributed by atoms with van der Waals surface area (Å²) in [6.45, 7) is 14.3. The van der Waals surface area contributed by atoms with Crippen LogP contribution in [0.1, 0.15) is 74.9 Å². The van der Waals surface area contributed by atoms with Gasteiger partial charge in [-0.3, -0.25) is 0 Å². The van der Waals surface area contributed by atoms with Gasteiger partial charge < -0.3 is 0 Å². The Hall–Kier alpha value is -7.80. The molecule has 0 heteroatoms. The van der Waals surface area contributed by atoms with Crippen molar-refractivity contribution < 1.29 is 0 Å². The first-order valence-corrected chi connectivity index (χ1v) is 24.8. The van der Waals surface area contributed by atoms with Crippen LogP contribution in [0.2, 0.25) is 0 Å². The van der Waals surface area contributed by atoms with Crippen LogP contribution in [0.15, 0.2) is 194 Å². The van der Waals surface area contributed by atoms with Gasteiger partial charge in [-0.1, -0.05) is 175 Å². The van der Waals surface area contributed by atoms with Gasteiger partial charge in [-0.2, -0.15) is 0 Å². The minimum atomic E-state index is -0.112. The molecule has 0 spiro atoms. The molecule has 69 heavy (non-hydrogen) atoms. The van der Waals surface area contributed by atoms with Gasteiger partial charge in [-0.05, 0) is 214 Å². The molecule has 3 aliphatic carbocycles. The first-order valence-electron chi connectivity index (χ1n) is 24.8. The van der Waals surface area contributed by atoms with E-state index in [-0.39, 0.29) is 16.2 Å². The molecule has 0 bridgehead atoms. The molecule has 0 nitrogen and oxygen atoms in total. The van der Waals surface area contributed by atoms with Crippen molar-refractivity contribution in [3.8, 4) is 55.6 Å². The molecule has 0 unspecified atom stereocenters. The van der Waals surface area contributed by atoms with Crippen LogP contribution in [0.25, 0.3) is 120 Å². The standard InChI is InChI=1S/C69H50/c1-67(2)59-26-21-39-11-9-10-14-52(39)65(59)66-54-25-20-45(30-49(54)23-28-60(66)67)44-19-24-53-48(29-44)22-27-58-64(53)57-35-51-32-43(16-18-47(51)38-63(57)68(58,3)4)42-15-17-46-37-62-56(34-50(46)31-42)55-33-40-12-7-8-13-41(40)36-61(55)69(62,5)6/h7-38H,1-6H3. The normalized spacial score (nSPS) is 15.4. The van der Waals surface area contributed by atoms with Crippen molar-refractivity contribution in [2.24, 2.45) is 0 Å². The smallest absolute Gasteiger partial charge is 0.0159 e. The Morgan fingerprint density at radius 1 is 0.217 bits per heavy atom. The summed E-state index contributed by atoms with van der Waals surface area (Å²) in [6, 6.07) is 74.9. The van der Waals surface area contributed by atoms with Gasteiger partial charge in [0.15, 0.2) is 0 Å². The van der Waals surface area contributed by atoms with Crippen LogP contribution in [0.5, 0.6) is 0 Å². The highest BCUT2D eigenvalue weighted by Gasteiger charge is 2.39. The average molecular weight is 879 g/mol. The molecule has 0 saturated carbocycles. The Balaban J connectivity index is 0.811. The van der Waals surface area contributed by atoms with E-state index in [1.54, 1.807) is 0 Å². The lowest BCUT2D eigenvalue weighted by Gasteiger charge is -2.22. The fourth-order valence-electron chi connectivity index (χ4n) is 13.5. The number of fused-ring (bicyclic) bond motifs is 18. The van der Waals surface area contributed by atoms with Crippen molar-refractivity contribution in [2.45, 2.75) is 57.8 Å². The lowest BCUT2D eigenvalue weighted by atomic mass is 9.81. The van der Waals surface area contributed by atoms with Crippen LogP contribution in [-0.2, 0) is 16.2 Å². The molecule has 0 N–H and O–H groups in total. The second kappa shape index (κ2) is 13.2. The van der Waals surface area contributed by atoms with E-state index >= 15 is 0 Å². The maximum atomic E-state index is 2.48. The van der Waals surface area contributed by atoms with E-state index in [2.05, 4.69) is 236 Å². The maximum absolute atomic E-state index is 2.48. The molecule has 326 valence electrons. The van der Waals surface area contributed by atoms with Gasteiger partial charge in [0, 0.05) is 16.2 Å². The Bertz CT molecular complexity index is 4320. The molecule has 0 radical (unpaired) electrons. The molecule has 0 aromatic heterocycles. The topological polar surface area (TPSA) is 0 Å². The van der Waals surface area contributed by atoms with Crippen molar-refractivity contribution in [3.05, 3.63) is 228 Å². The highest BCUT2D eigenvalue weighted by molar-refractivity contribution is 6.12. The van der Waals surface area contributed by atoms with Gasteiger partial charge in [0.2, 0.25) is 0 Å². The lowest BCUT2D eigenvalue weighted by molar-refractivity contribution is 0.661. The van der Waals surface area contributed by atoms with Gasteiger partial charge in [-0.25, -0.2) is 0 Å². The third-order valence-electron chi connectivity index (χ3n) is 17.3. The van der Waals surface area contributed by atoms with E-state index in [1.807, 2.05) is 0 Å². The summed E-state index contributed by atoms with van der Waals surface area (Å²) in [6.07, 6.45) is 0. The maximum Gasteiger partial charge on any atom is 0.0159 e. The van der Waals surface area contributed by atoms with Crippen molar-refractivity contribution >= 4 is 64.6 Å². The minimum Gasteiger partial charge on any atom is -0.0616 e. The molecule has 0 fully saturated rings. The molecular formula is C69H50. The molecule has 0 heterocycles. The van der Waals surface area contributed by atoms with E-state index in [0.29, 0.717) is 0 Å². The summed E-state index contributed by atoms with van der Waals surface area (Å²) in [5, 5.41) is 15.6. The summed E-state index contributed by atoms with van der Waals surface area (Å²) in [5.41, 5.74) is 21.5. The van der Waals surface area contributed by atoms with Crippen LogP contribution in [0, 0.1) is 0 Å². The average Bonchev–Trinajstić information content (AvgIpc) is 3.84. The van der Waals surface area contributed by atoms with E-state index in [4.69, 9.17) is 0 Å². The third-order valence-corrected chi connectivity index (χ3v) is 17.3. The summed E-state index contributed by atoms with van der Waals surface area (Å²) < 4.78 is 0. The predicted molar refractivity (Wildman–Crippen MR) is 295 cm³/mol. The highest BCUT2D eigenvalue weighted by atomic mass is 14.4. The monoisotopic (exact) mass is 878 g/mol. The first kappa shape index (κ1) is 39.2. The summed E-state index contributed by atoms with van der Waals surface area (Å²) in [5.74, 6) is 0. The molecule has 0 saturated heterocycles. The van der Waals surface area contributed by atoms with E-state index in [1.165, 1.54) is 154 Å². The van der Waals surface area contributed by atoms with Gasteiger partial charge >= 0.3 is 0 Å². The Morgan fingerprint density at radius 2 is 0.551 bits per heavy atom. The molecule has 15 rings (SSSR count). The fourth-order valence-corrected chi connectivity index (χ4v) is 13.5. The molecule has 3 aliphatic rings. The Morgan fingerprint density at radius 3 is 1.12 bits per heavy atom. The number of hydrogen-bond donors (Lipinski definition) is 0. The quantitative estimate of drug-likeness (QED) is 0.162. The second-order valence-electron chi connectivity index (χ2n) is 22.1. The zero-order chi connectivity index (χ0) is 46.3. The van der Waals surface area contributed by atoms with Crippen LogP contribution in [0.4, 0.5) is 0 Å². The van der Waals surface area contributed by atoms with Crippen LogP contribution >= 0.6 is 0 Å². The second-order valence-corrected chi connectivity index (χ2v) is 22.1. The number of hydrogen-bond acceptors (Lipinski definition) is 0. The Kier molecular flexibility index (Phi) is 7.53. The zero-order valence-electron chi connectivity index (χ0n) is 40.0. The number of rotatable bonds is 2. The zero-order valence-corrected chi connectivity index (χ0v) is 40.0. The number of benzene rings is 12.